The summed E-state index contributed by atoms with van der Waals surface area (Å²) < 4.78 is 5.66. The van der Waals surface area contributed by atoms with Crippen LogP contribution < -0.4 is 10.1 Å². The van der Waals surface area contributed by atoms with Crippen molar-refractivity contribution in [3.8, 4) is 5.75 Å². The molecule has 0 spiro atoms. The van der Waals surface area contributed by atoms with Gasteiger partial charge in [0.25, 0.3) is 5.91 Å². The minimum Gasteiger partial charge on any atom is -0.481 e. The molecule has 0 fully saturated rings. The summed E-state index contributed by atoms with van der Waals surface area (Å²) in [5.74, 6) is 0.540. The number of benzene rings is 2. The summed E-state index contributed by atoms with van der Waals surface area (Å²) in [5.41, 5.74) is 1.97. The molecular formula is C17H19NO2S. The molecule has 0 heterocycles. The second-order valence-corrected chi connectivity index (χ2v) is 5.61. The van der Waals surface area contributed by atoms with Gasteiger partial charge in [0, 0.05) is 4.90 Å². The fourth-order valence-corrected chi connectivity index (χ4v) is 2.41. The Morgan fingerprint density at radius 3 is 2.48 bits per heavy atom. The number of nitrogens with one attached hydrogen (secondary N) is 1. The first-order valence-electron chi connectivity index (χ1n) is 6.77. The topological polar surface area (TPSA) is 38.3 Å². The van der Waals surface area contributed by atoms with Crippen LogP contribution in [0, 0.1) is 6.92 Å². The van der Waals surface area contributed by atoms with Gasteiger partial charge in [-0.15, -0.1) is 11.8 Å². The summed E-state index contributed by atoms with van der Waals surface area (Å²) in [7, 11) is 0. The normalized spacial score (nSPS) is 11.8. The second-order valence-electron chi connectivity index (χ2n) is 4.76. The molecule has 0 aliphatic carbocycles. The number of rotatable bonds is 5. The summed E-state index contributed by atoms with van der Waals surface area (Å²) in [6, 6.07) is 15.4. The lowest BCUT2D eigenvalue weighted by Gasteiger charge is -2.16. The van der Waals surface area contributed by atoms with Gasteiger partial charge in [-0.1, -0.05) is 29.8 Å². The Labute approximate surface area is 129 Å². The van der Waals surface area contributed by atoms with Crippen molar-refractivity contribution < 1.29 is 9.53 Å². The molecule has 0 aliphatic rings. The van der Waals surface area contributed by atoms with E-state index in [1.165, 1.54) is 0 Å². The van der Waals surface area contributed by atoms with Crippen LogP contribution in [-0.4, -0.2) is 18.3 Å². The van der Waals surface area contributed by atoms with E-state index in [0.29, 0.717) is 5.75 Å². The van der Waals surface area contributed by atoms with Crippen LogP contribution in [0.15, 0.2) is 53.4 Å². The largest absolute Gasteiger partial charge is 0.481 e. The number of amides is 1. The van der Waals surface area contributed by atoms with E-state index in [4.69, 9.17) is 4.74 Å². The van der Waals surface area contributed by atoms with Crippen molar-refractivity contribution in [2.24, 2.45) is 0 Å². The third-order valence-electron chi connectivity index (χ3n) is 3.07. The standard InChI is InChI=1S/C17H19NO2S/c1-12-8-10-14(11-9-12)20-13(2)17(19)18-15-6-4-5-7-16(15)21-3/h4-11,13H,1-3H3,(H,18,19). The number of hydrogen-bond acceptors (Lipinski definition) is 3. The first kappa shape index (κ1) is 15.4. The minimum atomic E-state index is -0.553. The molecule has 1 unspecified atom stereocenters. The zero-order chi connectivity index (χ0) is 15.2. The maximum Gasteiger partial charge on any atom is 0.265 e. The highest BCUT2D eigenvalue weighted by atomic mass is 32.2. The number of carbonyl (C=O) groups is 1. The monoisotopic (exact) mass is 301 g/mol. The predicted molar refractivity (Wildman–Crippen MR) is 88.1 cm³/mol. The summed E-state index contributed by atoms with van der Waals surface area (Å²) in [4.78, 5) is 13.2. The summed E-state index contributed by atoms with van der Waals surface area (Å²) >= 11 is 1.60. The van der Waals surface area contributed by atoms with E-state index in [1.54, 1.807) is 18.7 Å². The quantitative estimate of drug-likeness (QED) is 0.844. The van der Waals surface area contributed by atoms with Crippen LogP contribution in [0.25, 0.3) is 0 Å². The molecular weight excluding hydrogens is 282 g/mol. The van der Waals surface area contributed by atoms with Crippen molar-refractivity contribution in [1.29, 1.82) is 0 Å². The van der Waals surface area contributed by atoms with Gasteiger partial charge in [0.2, 0.25) is 0 Å². The minimum absolute atomic E-state index is 0.155. The van der Waals surface area contributed by atoms with Gasteiger partial charge in [0.1, 0.15) is 5.75 Å². The first-order valence-corrected chi connectivity index (χ1v) is 8.00. The number of para-hydroxylation sites is 1. The van der Waals surface area contributed by atoms with E-state index in [0.717, 1.165) is 16.1 Å². The Hall–Kier alpha value is -1.94. The Kier molecular flexibility index (Phi) is 5.28. The number of carbonyl (C=O) groups excluding carboxylic acids is 1. The van der Waals surface area contributed by atoms with Gasteiger partial charge in [-0.25, -0.2) is 0 Å². The van der Waals surface area contributed by atoms with Gasteiger partial charge in [-0.05, 0) is 44.4 Å². The number of hydrogen-bond donors (Lipinski definition) is 1. The predicted octanol–water partition coefficient (Wildman–Crippen LogP) is 4.12. The highest BCUT2D eigenvalue weighted by Crippen LogP contribution is 2.25. The molecule has 0 saturated carbocycles. The number of thioether (sulfide) groups is 1. The second kappa shape index (κ2) is 7.18. The van der Waals surface area contributed by atoms with E-state index >= 15 is 0 Å². The Morgan fingerprint density at radius 2 is 1.81 bits per heavy atom. The van der Waals surface area contributed by atoms with Gasteiger partial charge in [0.05, 0.1) is 5.69 Å². The van der Waals surface area contributed by atoms with Gasteiger partial charge in [0.15, 0.2) is 6.10 Å². The fourth-order valence-electron chi connectivity index (χ4n) is 1.86. The van der Waals surface area contributed by atoms with Crippen LogP contribution in [0.5, 0.6) is 5.75 Å². The number of anilines is 1. The smallest absolute Gasteiger partial charge is 0.265 e. The summed E-state index contributed by atoms with van der Waals surface area (Å²) in [6.45, 7) is 3.76. The van der Waals surface area contributed by atoms with E-state index in [1.807, 2.05) is 61.7 Å². The highest BCUT2D eigenvalue weighted by Gasteiger charge is 2.16. The van der Waals surface area contributed by atoms with Crippen LogP contribution in [0.1, 0.15) is 12.5 Å². The molecule has 0 bridgehead atoms. The summed E-state index contributed by atoms with van der Waals surface area (Å²) in [5, 5.41) is 2.91. The average molecular weight is 301 g/mol. The van der Waals surface area contributed by atoms with Crippen molar-refractivity contribution in [2.45, 2.75) is 24.8 Å². The molecule has 0 aliphatic heterocycles. The third kappa shape index (κ3) is 4.26. The lowest BCUT2D eigenvalue weighted by Crippen LogP contribution is -2.30. The molecule has 1 amide bonds. The zero-order valence-electron chi connectivity index (χ0n) is 12.4. The zero-order valence-corrected chi connectivity index (χ0v) is 13.2. The summed E-state index contributed by atoms with van der Waals surface area (Å²) in [6.07, 6.45) is 1.43. The molecule has 2 rings (SSSR count). The van der Waals surface area contributed by atoms with Crippen LogP contribution in [0.4, 0.5) is 5.69 Å². The fraction of sp³-hybridized carbons (Fsp3) is 0.235. The molecule has 1 atom stereocenters. The molecule has 0 radical (unpaired) electrons. The average Bonchev–Trinajstić information content (AvgIpc) is 2.50. The number of aryl methyl sites for hydroxylation is 1. The van der Waals surface area contributed by atoms with Crippen molar-refractivity contribution in [3.05, 3.63) is 54.1 Å². The number of ether oxygens (including phenoxy) is 1. The van der Waals surface area contributed by atoms with Gasteiger partial charge >= 0.3 is 0 Å². The van der Waals surface area contributed by atoms with Gasteiger partial charge < -0.3 is 10.1 Å². The maximum atomic E-state index is 12.2. The lowest BCUT2D eigenvalue weighted by molar-refractivity contribution is -0.122. The molecule has 1 N–H and O–H groups in total. The lowest BCUT2D eigenvalue weighted by atomic mass is 10.2. The molecule has 0 aromatic heterocycles. The molecule has 3 nitrogen and oxygen atoms in total. The van der Waals surface area contributed by atoms with Crippen molar-refractivity contribution >= 4 is 23.4 Å². The first-order chi connectivity index (χ1) is 10.1. The van der Waals surface area contributed by atoms with Crippen LogP contribution in [0.3, 0.4) is 0 Å². The molecule has 4 heteroatoms. The third-order valence-corrected chi connectivity index (χ3v) is 3.86. The van der Waals surface area contributed by atoms with E-state index in [-0.39, 0.29) is 5.91 Å². The maximum absolute atomic E-state index is 12.2. The van der Waals surface area contributed by atoms with Gasteiger partial charge in [-0.3, -0.25) is 4.79 Å². The van der Waals surface area contributed by atoms with E-state index < -0.39 is 6.10 Å². The van der Waals surface area contributed by atoms with Crippen LogP contribution in [-0.2, 0) is 4.79 Å². The van der Waals surface area contributed by atoms with Crippen molar-refractivity contribution in [2.75, 3.05) is 11.6 Å². The van der Waals surface area contributed by atoms with Crippen LogP contribution in [0.2, 0.25) is 0 Å². The SMILES string of the molecule is CSc1ccccc1NC(=O)C(C)Oc1ccc(C)cc1. The molecule has 2 aromatic carbocycles. The van der Waals surface area contributed by atoms with E-state index in [2.05, 4.69) is 5.32 Å². The molecule has 2 aromatic rings. The Morgan fingerprint density at radius 1 is 1.14 bits per heavy atom. The van der Waals surface area contributed by atoms with Crippen molar-refractivity contribution in [3.63, 3.8) is 0 Å². The molecule has 21 heavy (non-hydrogen) atoms. The van der Waals surface area contributed by atoms with Gasteiger partial charge in [-0.2, -0.15) is 0 Å². The molecule has 110 valence electrons. The Balaban J connectivity index is 2.01. The molecule has 0 saturated heterocycles. The van der Waals surface area contributed by atoms with E-state index in [9.17, 15) is 4.79 Å². The Bertz CT molecular complexity index is 610. The highest BCUT2D eigenvalue weighted by molar-refractivity contribution is 7.98. The van der Waals surface area contributed by atoms with Crippen LogP contribution >= 0.6 is 11.8 Å². The van der Waals surface area contributed by atoms with Crippen molar-refractivity contribution in [1.82, 2.24) is 0 Å².